The molecule has 0 N–H and O–H groups in total. The van der Waals surface area contributed by atoms with Gasteiger partial charge in [-0.1, -0.05) is 26.0 Å². The zero-order chi connectivity index (χ0) is 16.0. The van der Waals surface area contributed by atoms with Crippen LogP contribution < -0.4 is 0 Å². The number of ketones is 1. The van der Waals surface area contributed by atoms with Gasteiger partial charge in [-0.05, 0) is 36.8 Å². The van der Waals surface area contributed by atoms with E-state index in [0.717, 1.165) is 22.6 Å². The van der Waals surface area contributed by atoms with Gasteiger partial charge in [0.15, 0.2) is 5.78 Å². The predicted molar refractivity (Wildman–Crippen MR) is 79.9 cm³/mol. The zero-order valence-corrected chi connectivity index (χ0v) is 12.9. The molecule has 114 valence electrons. The van der Waals surface area contributed by atoms with E-state index in [1.165, 1.54) is 30.4 Å². The summed E-state index contributed by atoms with van der Waals surface area (Å²) < 4.78 is 37.2. The first kappa shape index (κ1) is 17.4. The Labute approximate surface area is 126 Å². The van der Waals surface area contributed by atoms with Crippen molar-refractivity contribution in [2.45, 2.75) is 33.4 Å². The highest BCUT2D eigenvalue weighted by molar-refractivity contribution is 7.14. The minimum absolute atomic E-state index is 0.00340. The molecule has 0 unspecified atom stereocenters. The minimum Gasteiger partial charge on any atom is -0.294 e. The molecule has 1 nitrogen and oxygen atoms in total. The van der Waals surface area contributed by atoms with Crippen LogP contribution in [0.2, 0.25) is 0 Å². The van der Waals surface area contributed by atoms with Gasteiger partial charge in [-0.25, -0.2) is 0 Å². The van der Waals surface area contributed by atoms with Gasteiger partial charge in [-0.15, -0.1) is 11.3 Å². The molecular weight excluding hydrogens is 297 g/mol. The molecule has 2 aromatic rings. The molecule has 0 radical (unpaired) electrons. The van der Waals surface area contributed by atoms with E-state index in [-0.39, 0.29) is 5.78 Å². The number of thiophene rings is 1. The lowest BCUT2D eigenvalue weighted by Gasteiger charge is -2.07. The van der Waals surface area contributed by atoms with Crippen LogP contribution in [0, 0.1) is 0 Å². The highest BCUT2D eigenvalue weighted by Gasteiger charge is 2.29. The van der Waals surface area contributed by atoms with E-state index in [1.807, 2.05) is 19.9 Å². The van der Waals surface area contributed by atoms with Crippen molar-refractivity contribution in [2.24, 2.45) is 0 Å². The molecule has 5 heteroatoms. The van der Waals surface area contributed by atoms with E-state index in [0.29, 0.717) is 11.3 Å². The minimum atomic E-state index is -4.30. The molecule has 0 aliphatic carbocycles. The molecule has 1 aromatic heterocycles. The quantitative estimate of drug-likeness (QED) is 0.675. The number of alkyl halides is 3. The van der Waals surface area contributed by atoms with Gasteiger partial charge in [0, 0.05) is 11.3 Å². The number of halogens is 3. The van der Waals surface area contributed by atoms with E-state index < -0.39 is 11.7 Å². The maximum atomic E-state index is 12.4. The summed E-state index contributed by atoms with van der Waals surface area (Å²) in [7, 11) is 0. The second-order valence-electron chi connectivity index (χ2n) is 4.19. The van der Waals surface area contributed by atoms with Gasteiger partial charge in [0.05, 0.1) is 10.4 Å². The van der Waals surface area contributed by atoms with Gasteiger partial charge < -0.3 is 0 Å². The van der Waals surface area contributed by atoms with E-state index in [2.05, 4.69) is 0 Å². The van der Waals surface area contributed by atoms with Crippen LogP contribution in [0.5, 0.6) is 0 Å². The monoisotopic (exact) mass is 314 g/mol. The maximum absolute atomic E-state index is 12.4. The first-order valence-electron chi connectivity index (χ1n) is 6.62. The number of hydrogen-bond donors (Lipinski definition) is 0. The third-order valence-electron chi connectivity index (χ3n) is 2.67. The van der Waals surface area contributed by atoms with Crippen LogP contribution in [-0.2, 0) is 12.6 Å². The first-order chi connectivity index (χ1) is 9.86. The number of benzene rings is 1. The first-order valence-corrected chi connectivity index (χ1v) is 7.43. The molecule has 0 aliphatic heterocycles. The van der Waals surface area contributed by atoms with Crippen LogP contribution >= 0.6 is 11.3 Å². The Hall–Kier alpha value is -1.62. The van der Waals surface area contributed by atoms with Gasteiger partial charge in [-0.3, -0.25) is 4.79 Å². The average molecular weight is 314 g/mol. The lowest BCUT2D eigenvalue weighted by atomic mass is 10.1. The zero-order valence-electron chi connectivity index (χ0n) is 12.1. The maximum Gasteiger partial charge on any atom is 0.416 e. The molecule has 0 aliphatic rings. The predicted octanol–water partition coefficient (Wildman–Crippen LogP) is 5.59. The van der Waals surface area contributed by atoms with Crippen molar-refractivity contribution in [3.8, 4) is 0 Å². The molecule has 21 heavy (non-hydrogen) atoms. The van der Waals surface area contributed by atoms with Crippen molar-refractivity contribution < 1.29 is 18.0 Å². The van der Waals surface area contributed by atoms with Crippen LogP contribution in [0.25, 0.3) is 0 Å². The Morgan fingerprint density at radius 2 is 1.62 bits per heavy atom. The lowest BCUT2D eigenvalue weighted by molar-refractivity contribution is -0.137. The van der Waals surface area contributed by atoms with Crippen LogP contribution in [0.3, 0.4) is 0 Å². The number of Topliss-reactive ketones (excluding diaryl/α,β-unsaturated/α-hetero) is 1. The van der Waals surface area contributed by atoms with Crippen LogP contribution in [0.1, 0.15) is 46.4 Å². The normalized spacial score (nSPS) is 10.8. The fourth-order valence-electron chi connectivity index (χ4n) is 1.67. The highest BCUT2D eigenvalue weighted by Crippen LogP contribution is 2.29. The molecule has 1 heterocycles. The lowest BCUT2D eigenvalue weighted by Crippen LogP contribution is -2.04. The Kier molecular flexibility index (Phi) is 6.15. The smallest absolute Gasteiger partial charge is 0.294 e. The van der Waals surface area contributed by atoms with E-state index in [9.17, 15) is 18.0 Å². The summed E-state index contributed by atoms with van der Waals surface area (Å²) in [6.07, 6.45) is -3.76. The van der Waals surface area contributed by atoms with Crippen molar-refractivity contribution >= 4 is 17.1 Å². The molecule has 2 rings (SSSR count). The standard InChI is InChI=1S/C14H11F3OS.C2H6/c1-9(18)13-7-6-12(19-13)8-10-2-4-11(5-3-10)14(15,16)17;1-2/h2-7H,8H2,1H3;1-2H3. The van der Waals surface area contributed by atoms with Crippen LogP contribution in [-0.4, -0.2) is 5.78 Å². The van der Waals surface area contributed by atoms with Gasteiger partial charge in [0.25, 0.3) is 0 Å². The fourth-order valence-corrected chi connectivity index (χ4v) is 2.61. The Morgan fingerprint density at radius 1 is 1.05 bits per heavy atom. The highest BCUT2D eigenvalue weighted by atomic mass is 32.1. The fraction of sp³-hybridized carbons (Fsp3) is 0.312. The van der Waals surface area contributed by atoms with Crippen LogP contribution in [0.4, 0.5) is 13.2 Å². The summed E-state index contributed by atoms with van der Waals surface area (Å²) in [6, 6.07) is 8.67. The van der Waals surface area contributed by atoms with Crippen molar-refractivity contribution in [2.75, 3.05) is 0 Å². The summed E-state index contributed by atoms with van der Waals surface area (Å²) in [5.41, 5.74) is 0.150. The van der Waals surface area contributed by atoms with Crippen molar-refractivity contribution in [1.82, 2.24) is 0 Å². The van der Waals surface area contributed by atoms with Gasteiger partial charge in [-0.2, -0.15) is 13.2 Å². The molecule has 0 saturated carbocycles. The Bertz CT molecular complexity index is 582. The Morgan fingerprint density at radius 3 is 2.05 bits per heavy atom. The molecular formula is C16H17F3OS. The third-order valence-corrected chi connectivity index (χ3v) is 3.85. The number of carbonyl (C=O) groups excluding carboxylic acids is 1. The van der Waals surface area contributed by atoms with E-state index in [1.54, 1.807) is 6.07 Å². The number of carbonyl (C=O) groups is 1. The number of hydrogen-bond acceptors (Lipinski definition) is 2. The van der Waals surface area contributed by atoms with Crippen molar-refractivity contribution in [3.63, 3.8) is 0 Å². The summed E-state index contributed by atoms with van der Waals surface area (Å²) >= 11 is 1.37. The summed E-state index contributed by atoms with van der Waals surface area (Å²) in [5, 5.41) is 0. The summed E-state index contributed by atoms with van der Waals surface area (Å²) in [4.78, 5) is 12.8. The second kappa shape index (κ2) is 7.41. The van der Waals surface area contributed by atoms with Crippen molar-refractivity contribution in [3.05, 3.63) is 57.3 Å². The molecule has 1 aromatic carbocycles. The van der Waals surface area contributed by atoms with Crippen molar-refractivity contribution in [1.29, 1.82) is 0 Å². The second-order valence-corrected chi connectivity index (χ2v) is 5.36. The largest absolute Gasteiger partial charge is 0.416 e. The van der Waals surface area contributed by atoms with Gasteiger partial charge in [0.1, 0.15) is 0 Å². The SMILES string of the molecule is CC.CC(=O)c1ccc(Cc2ccc(C(F)(F)F)cc2)s1. The summed E-state index contributed by atoms with van der Waals surface area (Å²) in [5.74, 6) is 0.00340. The Balaban J connectivity index is 0.00000106. The summed E-state index contributed by atoms with van der Waals surface area (Å²) in [6.45, 7) is 5.49. The molecule has 0 atom stereocenters. The molecule has 0 amide bonds. The molecule has 0 saturated heterocycles. The van der Waals surface area contributed by atoms with E-state index in [4.69, 9.17) is 0 Å². The molecule has 0 bridgehead atoms. The average Bonchev–Trinajstić information content (AvgIpc) is 2.89. The molecule has 0 spiro atoms. The third kappa shape index (κ3) is 5.01. The van der Waals surface area contributed by atoms with Gasteiger partial charge in [0.2, 0.25) is 0 Å². The van der Waals surface area contributed by atoms with Crippen LogP contribution in [0.15, 0.2) is 36.4 Å². The van der Waals surface area contributed by atoms with Gasteiger partial charge >= 0.3 is 6.18 Å². The molecule has 0 fully saturated rings. The topological polar surface area (TPSA) is 17.1 Å². The number of rotatable bonds is 3. The van der Waals surface area contributed by atoms with E-state index >= 15 is 0 Å².